The maximum atomic E-state index is 6.55. The molecule has 0 saturated carbocycles. The number of benzene rings is 2. The van der Waals surface area contributed by atoms with E-state index in [1.165, 1.54) is 33.4 Å². The van der Waals surface area contributed by atoms with Crippen LogP contribution in [0.15, 0.2) is 36.4 Å². The standard InChI is InChI=1S/C24H36N3.2ClH.Co/c1-5-17-11-9-12-18(6-2)23(17)21(25)15-27-16-22(26)24-19(7-3)13-10-14-20(24)8-4;;;/h9-14,21-22H,5-8,15-16,25-26H2,1-4H3;2*1H;/q-1;;;+3/p-2. The van der Waals surface area contributed by atoms with E-state index in [0.29, 0.717) is 26.0 Å². The van der Waals surface area contributed by atoms with Crippen molar-refractivity contribution in [2.24, 2.45) is 11.5 Å². The van der Waals surface area contributed by atoms with Gasteiger partial charge in [0.2, 0.25) is 0 Å². The molecule has 170 valence electrons. The van der Waals surface area contributed by atoms with Gasteiger partial charge in [0.05, 0.1) is 0 Å². The number of nitrogens with two attached hydrogens (primary N) is 2. The fourth-order valence-corrected chi connectivity index (χ4v) is 4.05. The van der Waals surface area contributed by atoms with Crippen LogP contribution in [0.2, 0.25) is 0 Å². The Balaban J connectivity index is 0.00000141. The van der Waals surface area contributed by atoms with Gasteiger partial charge in [0, 0.05) is 12.1 Å². The summed E-state index contributed by atoms with van der Waals surface area (Å²) in [6.07, 6.45) is 4.00. The molecular weight excluding hydrogens is 460 g/mol. The van der Waals surface area contributed by atoms with Crippen LogP contribution in [0.1, 0.15) is 73.2 Å². The van der Waals surface area contributed by atoms with Gasteiger partial charge in [0.25, 0.3) is 0 Å². The van der Waals surface area contributed by atoms with E-state index in [0.717, 1.165) is 25.7 Å². The van der Waals surface area contributed by atoms with Crippen LogP contribution >= 0.6 is 20.3 Å². The molecule has 6 heteroatoms. The van der Waals surface area contributed by atoms with Gasteiger partial charge < -0.3 is 16.8 Å². The van der Waals surface area contributed by atoms with Gasteiger partial charge in [-0.15, -0.1) is 13.1 Å². The van der Waals surface area contributed by atoms with Gasteiger partial charge in [-0.05, 0) is 59.1 Å². The third kappa shape index (κ3) is 7.83. The second-order valence-electron chi connectivity index (χ2n) is 7.24. The Morgan fingerprint density at radius 2 is 0.967 bits per heavy atom. The van der Waals surface area contributed by atoms with E-state index in [-0.39, 0.29) is 12.1 Å². The SMILES string of the molecule is CCc1cccc(CC)c1C(N)C[N-]CC(N)c1c(CC)cccc1CC.[Cl][Co+][Cl]. The zero-order valence-corrected chi connectivity index (χ0v) is 21.1. The van der Waals surface area contributed by atoms with E-state index in [1.807, 2.05) is 0 Å². The van der Waals surface area contributed by atoms with Crippen molar-refractivity contribution in [3.8, 4) is 0 Å². The molecule has 2 aromatic rings. The van der Waals surface area contributed by atoms with E-state index in [2.05, 4.69) is 64.1 Å². The Bertz CT molecular complexity index is 649. The number of halogens is 2. The molecule has 4 N–H and O–H groups in total. The molecule has 2 aromatic carbocycles. The summed E-state index contributed by atoms with van der Waals surface area (Å²) in [4.78, 5) is 0. The van der Waals surface area contributed by atoms with Crippen LogP contribution in [0, 0.1) is 0 Å². The quantitative estimate of drug-likeness (QED) is 0.401. The van der Waals surface area contributed by atoms with Crippen LogP contribution in [0.25, 0.3) is 5.32 Å². The van der Waals surface area contributed by atoms with Gasteiger partial charge >= 0.3 is 33.2 Å². The summed E-state index contributed by atoms with van der Waals surface area (Å²) in [5.41, 5.74) is 21.0. The van der Waals surface area contributed by atoms with Gasteiger partial charge in [-0.1, -0.05) is 64.1 Å². The molecule has 0 aliphatic heterocycles. The average molecular weight is 496 g/mol. The number of hydrogen-bond donors (Lipinski definition) is 2. The van der Waals surface area contributed by atoms with Gasteiger partial charge in [-0.25, -0.2) is 0 Å². The molecule has 30 heavy (non-hydrogen) atoms. The first-order valence-electron chi connectivity index (χ1n) is 10.7. The zero-order valence-electron chi connectivity index (χ0n) is 18.6. The Hall–Kier alpha value is -0.594. The van der Waals surface area contributed by atoms with Gasteiger partial charge in [-0.3, -0.25) is 0 Å². The molecule has 0 saturated heterocycles. The molecular formula is C24H36Cl2CoN3. The van der Waals surface area contributed by atoms with Crippen molar-refractivity contribution < 1.29 is 12.9 Å². The average Bonchev–Trinajstić information content (AvgIpc) is 2.77. The van der Waals surface area contributed by atoms with Crippen molar-refractivity contribution in [2.75, 3.05) is 13.1 Å². The summed E-state index contributed by atoms with van der Waals surface area (Å²) in [6, 6.07) is 12.9. The second kappa shape index (κ2) is 15.2. The molecule has 0 aromatic heterocycles. The number of aryl methyl sites for hydroxylation is 4. The van der Waals surface area contributed by atoms with Crippen LogP contribution in [-0.4, -0.2) is 13.1 Å². The van der Waals surface area contributed by atoms with E-state index in [4.69, 9.17) is 37.1 Å². The molecule has 0 fully saturated rings. The fourth-order valence-electron chi connectivity index (χ4n) is 4.05. The topological polar surface area (TPSA) is 66.1 Å². The molecule has 0 spiro atoms. The fraction of sp³-hybridized carbons (Fsp3) is 0.500. The Morgan fingerprint density at radius 1 is 0.700 bits per heavy atom. The summed E-state index contributed by atoms with van der Waals surface area (Å²) in [7, 11) is 9.47. The van der Waals surface area contributed by atoms with Crippen LogP contribution in [0.3, 0.4) is 0 Å². The van der Waals surface area contributed by atoms with Gasteiger partial charge in [-0.2, -0.15) is 0 Å². The Morgan fingerprint density at radius 3 is 1.20 bits per heavy atom. The van der Waals surface area contributed by atoms with Crippen molar-refractivity contribution in [3.63, 3.8) is 0 Å². The Labute approximate surface area is 197 Å². The molecule has 2 unspecified atom stereocenters. The predicted molar refractivity (Wildman–Crippen MR) is 129 cm³/mol. The van der Waals surface area contributed by atoms with Crippen molar-refractivity contribution in [1.82, 2.24) is 0 Å². The number of hydrogen-bond acceptors (Lipinski definition) is 2. The third-order valence-electron chi connectivity index (χ3n) is 5.49. The van der Waals surface area contributed by atoms with Crippen molar-refractivity contribution in [2.45, 2.75) is 65.5 Å². The second-order valence-corrected chi connectivity index (χ2v) is 8.96. The van der Waals surface area contributed by atoms with Crippen molar-refractivity contribution >= 4 is 20.3 Å². The number of nitrogens with zero attached hydrogens (tertiary/aromatic N) is 1. The first kappa shape index (κ1) is 27.4. The third-order valence-corrected chi connectivity index (χ3v) is 5.49. The minimum atomic E-state index is -0.0598. The summed E-state index contributed by atoms with van der Waals surface area (Å²) in [5.74, 6) is 0. The Kier molecular flexibility index (Phi) is 13.9. The number of rotatable bonds is 10. The predicted octanol–water partition coefficient (Wildman–Crippen LogP) is 6.39. The summed E-state index contributed by atoms with van der Waals surface area (Å²) in [5, 5.41) is 4.78. The summed E-state index contributed by atoms with van der Waals surface area (Å²) < 4.78 is 0. The molecule has 0 aliphatic carbocycles. The first-order chi connectivity index (χ1) is 14.5. The van der Waals surface area contributed by atoms with E-state index >= 15 is 0 Å². The van der Waals surface area contributed by atoms with Crippen LogP contribution in [0.5, 0.6) is 0 Å². The van der Waals surface area contributed by atoms with E-state index in [1.54, 1.807) is 0 Å². The molecule has 0 heterocycles. The molecule has 2 atom stereocenters. The van der Waals surface area contributed by atoms with Crippen LogP contribution < -0.4 is 11.5 Å². The minimum absolute atomic E-state index is 0.0598. The molecule has 3 nitrogen and oxygen atoms in total. The molecule has 0 amide bonds. The molecule has 0 radical (unpaired) electrons. The molecule has 2 rings (SSSR count). The summed E-state index contributed by atoms with van der Waals surface area (Å²) >= 11 is 0.382. The van der Waals surface area contributed by atoms with Gasteiger partial charge in [0.1, 0.15) is 0 Å². The van der Waals surface area contributed by atoms with E-state index < -0.39 is 0 Å². The zero-order chi connectivity index (χ0) is 22.5. The van der Waals surface area contributed by atoms with Gasteiger partial charge in [0.15, 0.2) is 0 Å². The van der Waals surface area contributed by atoms with Crippen LogP contribution in [0.4, 0.5) is 0 Å². The molecule has 0 bridgehead atoms. The molecule has 0 aliphatic rings. The maximum absolute atomic E-state index is 6.55. The van der Waals surface area contributed by atoms with Crippen molar-refractivity contribution in [3.05, 3.63) is 75.1 Å². The van der Waals surface area contributed by atoms with Crippen molar-refractivity contribution in [1.29, 1.82) is 0 Å². The first-order valence-corrected chi connectivity index (χ1v) is 13.5. The normalized spacial score (nSPS) is 12.9. The van der Waals surface area contributed by atoms with E-state index in [9.17, 15) is 0 Å². The monoisotopic (exact) mass is 495 g/mol. The summed E-state index contributed by atoms with van der Waals surface area (Å²) in [6.45, 7) is 9.98. The van der Waals surface area contributed by atoms with Crippen LogP contribution in [-0.2, 0) is 38.6 Å².